The molecule has 1 N–H and O–H groups in total. The second-order valence-electron chi connectivity index (χ2n) is 7.50. The minimum Gasteiger partial charge on any atom is -0.325 e. The maximum Gasteiger partial charge on any atom is 0.263 e. The van der Waals surface area contributed by atoms with Gasteiger partial charge in [0.2, 0.25) is 5.91 Å². The van der Waals surface area contributed by atoms with Crippen LogP contribution in [-0.2, 0) is 24.2 Å². The number of thiophene rings is 1. The van der Waals surface area contributed by atoms with Crippen LogP contribution in [0.3, 0.4) is 0 Å². The third-order valence-corrected chi connectivity index (χ3v) is 6.65. The first-order valence-corrected chi connectivity index (χ1v) is 11.0. The number of hydrogen-bond acceptors (Lipinski definition) is 4. The summed E-state index contributed by atoms with van der Waals surface area (Å²) >= 11 is 1.63. The molecule has 2 aromatic carbocycles. The zero-order valence-corrected chi connectivity index (χ0v) is 17.2. The van der Waals surface area contributed by atoms with E-state index >= 15 is 0 Å². The molecule has 5 rings (SSSR count). The van der Waals surface area contributed by atoms with Crippen LogP contribution in [0.1, 0.15) is 23.3 Å². The molecule has 6 heteroatoms. The molecule has 0 radical (unpaired) electrons. The first-order chi connectivity index (χ1) is 14.7. The topological polar surface area (TPSA) is 64.0 Å². The number of para-hydroxylation sites is 1. The number of hydrogen-bond donors (Lipinski definition) is 1. The molecule has 0 atom stereocenters. The largest absolute Gasteiger partial charge is 0.325 e. The van der Waals surface area contributed by atoms with Crippen LogP contribution >= 0.6 is 11.3 Å². The van der Waals surface area contributed by atoms with Crippen LogP contribution in [0.15, 0.2) is 65.5 Å². The summed E-state index contributed by atoms with van der Waals surface area (Å²) in [4.78, 5) is 33.3. The monoisotopic (exact) mass is 415 g/mol. The van der Waals surface area contributed by atoms with Crippen LogP contribution in [0.5, 0.6) is 0 Å². The standard InChI is InChI=1S/C24H21N3O2S/c28-20(25-17-11-5-2-6-12-17)15-27-22(16-9-3-1-4-10-16)26-23-21(24(27)29)18-13-7-8-14-19(18)30-23/h1-6,9-12H,7-8,13-15H2,(H,25,28). The van der Waals surface area contributed by atoms with Crippen LogP contribution in [0.4, 0.5) is 5.69 Å². The fourth-order valence-electron chi connectivity index (χ4n) is 4.06. The van der Waals surface area contributed by atoms with Crippen LogP contribution in [0, 0.1) is 0 Å². The number of fused-ring (bicyclic) bond motifs is 3. The Hall–Kier alpha value is -3.25. The van der Waals surface area contributed by atoms with Gasteiger partial charge in [-0.15, -0.1) is 11.3 Å². The van der Waals surface area contributed by atoms with E-state index in [0.717, 1.165) is 41.6 Å². The Labute approximate surface area is 178 Å². The van der Waals surface area contributed by atoms with Crippen LogP contribution in [-0.4, -0.2) is 15.5 Å². The Morgan fingerprint density at radius 2 is 1.70 bits per heavy atom. The molecular weight excluding hydrogens is 394 g/mol. The highest BCUT2D eigenvalue weighted by molar-refractivity contribution is 7.18. The van der Waals surface area contributed by atoms with Crippen molar-refractivity contribution in [1.82, 2.24) is 9.55 Å². The van der Waals surface area contributed by atoms with Gasteiger partial charge in [0, 0.05) is 16.1 Å². The molecule has 0 saturated heterocycles. The molecule has 2 heterocycles. The molecule has 150 valence electrons. The molecule has 1 amide bonds. The Morgan fingerprint density at radius 3 is 2.47 bits per heavy atom. The number of rotatable bonds is 4. The fourth-order valence-corrected chi connectivity index (χ4v) is 5.31. The Bertz CT molecular complexity index is 1280. The van der Waals surface area contributed by atoms with Gasteiger partial charge in [-0.25, -0.2) is 4.98 Å². The molecule has 2 aromatic heterocycles. The van der Waals surface area contributed by atoms with Gasteiger partial charge in [-0.1, -0.05) is 48.5 Å². The van der Waals surface area contributed by atoms with Crippen molar-refractivity contribution in [3.05, 3.63) is 81.5 Å². The van der Waals surface area contributed by atoms with E-state index in [-0.39, 0.29) is 18.0 Å². The molecule has 0 spiro atoms. The van der Waals surface area contributed by atoms with E-state index in [1.165, 1.54) is 9.44 Å². The zero-order chi connectivity index (χ0) is 20.5. The van der Waals surface area contributed by atoms with Gasteiger partial charge < -0.3 is 5.32 Å². The van der Waals surface area contributed by atoms with Crippen molar-refractivity contribution in [3.8, 4) is 11.4 Å². The summed E-state index contributed by atoms with van der Waals surface area (Å²) in [5.41, 5.74) is 2.55. The second kappa shape index (κ2) is 7.88. The predicted octanol–water partition coefficient (Wildman–Crippen LogP) is 4.64. The Morgan fingerprint density at radius 1 is 1.00 bits per heavy atom. The van der Waals surface area contributed by atoms with Crippen molar-refractivity contribution in [2.75, 3.05) is 5.32 Å². The van der Waals surface area contributed by atoms with Crippen molar-refractivity contribution in [2.45, 2.75) is 32.2 Å². The first-order valence-electron chi connectivity index (χ1n) is 10.2. The van der Waals surface area contributed by atoms with Crippen molar-refractivity contribution in [1.29, 1.82) is 0 Å². The lowest BCUT2D eigenvalue weighted by molar-refractivity contribution is -0.116. The molecule has 30 heavy (non-hydrogen) atoms. The number of benzene rings is 2. The number of anilines is 1. The smallest absolute Gasteiger partial charge is 0.263 e. The number of aryl methyl sites for hydroxylation is 2. The van der Waals surface area contributed by atoms with Gasteiger partial charge in [-0.3, -0.25) is 14.2 Å². The van der Waals surface area contributed by atoms with E-state index in [1.54, 1.807) is 11.3 Å². The van der Waals surface area contributed by atoms with Crippen molar-refractivity contribution >= 4 is 33.1 Å². The van der Waals surface area contributed by atoms with E-state index < -0.39 is 0 Å². The number of carbonyl (C=O) groups excluding carboxylic acids is 1. The van der Waals surface area contributed by atoms with Crippen LogP contribution in [0.2, 0.25) is 0 Å². The van der Waals surface area contributed by atoms with Gasteiger partial charge in [-0.2, -0.15) is 0 Å². The molecular formula is C24H21N3O2S. The lowest BCUT2D eigenvalue weighted by Crippen LogP contribution is -2.30. The van der Waals surface area contributed by atoms with Crippen LogP contribution in [0.25, 0.3) is 21.6 Å². The number of nitrogens with zero attached hydrogens (tertiary/aromatic N) is 2. The average Bonchev–Trinajstić information content (AvgIpc) is 3.15. The molecule has 0 fully saturated rings. The molecule has 1 aliphatic carbocycles. The minimum absolute atomic E-state index is 0.0779. The predicted molar refractivity (Wildman–Crippen MR) is 121 cm³/mol. The highest BCUT2D eigenvalue weighted by atomic mass is 32.1. The summed E-state index contributed by atoms with van der Waals surface area (Å²) < 4.78 is 1.53. The van der Waals surface area contributed by atoms with Gasteiger partial charge in [0.05, 0.1) is 5.39 Å². The summed E-state index contributed by atoms with van der Waals surface area (Å²) in [5, 5.41) is 3.57. The molecule has 0 bridgehead atoms. The van der Waals surface area contributed by atoms with Gasteiger partial charge in [0.25, 0.3) is 5.56 Å². The zero-order valence-electron chi connectivity index (χ0n) is 16.4. The molecule has 0 saturated carbocycles. The Kier molecular flexibility index (Phi) is 4.93. The quantitative estimate of drug-likeness (QED) is 0.528. The summed E-state index contributed by atoms with van der Waals surface area (Å²) in [7, 11) is 0. The first kappa shape index (κ1) is 18.8. The average molecular weight is 416 g/mol. The van der Waals surface area contributed by atoms with Gasteiger partial charge >= 0.3 is 0 Å². The molecule has 1 aliphatic rings. The van der Waals surface area contributed by atoms with Crippen molar-refractivity contribution < 1.29 is 4.79 Å². The van der Waals surface area contributed by atoms with Gasteiger partial charge in [0.1, 0.15) is 17.2 Å². The lowest BCUT2D eigenvalue weighted by Gasteiger charge is -2.14. The third kappa shape index (κ3) is 3.44. The Balaban J connectivity index is 1.63. The van der Waals surface area contributed by atoms with E-state index in [9.17, 15) is 9.59 Å². The van der Waals surface area contributed by atoms with E-state index in [1.807, 2.05) is 60.7 Å². The van der Waals surface area contributed by atoms with Gasteiger partial charge in [0.15, 0.2) is 0 Å². The maximum atomic E-state index is 13.6. The van der Waals surface area contributed by atoms with E-state index in [0.29, 0.717) is 16.9 Å². The summed E-state index contributed by atoms with van der Waals surface area (Å²) in [6.45, 7) is -0.0779. The summed E-state index contributed by atoms with van der Waals surface area (Å²) in [6.07, 6.45) is 4.16. The highest BCUT2D eigenvalue weighted by Gasteiger charge is 2.23. The number of nitrogens with one attached hydrogen (secondary N) is 1. The van der Waals surface area contributed by atoms with E-state index in [4.69, 9.17) is 4.98 Å². The van der Waals surface area contributed by atoms with Crippen molar-refractivity contribution in [2.24, 2.45) is 0 Å². The van der Waals surface area contributed by atoms with Crippen molar-refractivity contribution in [3.63, 3.8) is 0 Å². The SMILES string of the molecule is O=C(Cn1c(-c2ccccc2)nc2sc3c(c2c1=O)CCCC3)Nc1ccccc1. The summed E-state index contributed by atoms with van der Waals surface area (Å²) in [6, 6.07) is 18.9. The highest BCUT2D eigenvalue weighted by Crippen LogP contribution is 2.34. The molecule has 4 aromatic rings. The summed E-state index contributed by atoms with van der Waals surface area (Å²) in [5.74, 6) is 0.292. The number of carbonyl (C=O) groups is 1. The number of aromatic nitrogens is 2. The lowest BCUT2D eigenvalue weighted by atomic mass is 9.97. The molecule has 0 unspecified atom stereocenters. The van der Waals surface area contributed by atoms with E-state index in [2.05, 4.69) is 5.32 Å². The minimum atomic E-state index is -0.245. The maximum absolute atomic E-state index is 13.6. The second-order valence-corrected chi connectivity index (χ2v) is 8.58. The number of amides is 1. The van der Waals surface area contributed by atoms with Crippen LogP contribution < -0.4 is 10.9 Å². The normalized spacial score (nSPS) is 13.2. The van der Waals surface area contributed by atoms with Gasteiger partial charge in [-0.05, 0) is 43.4 Å². The fraction of sp³-hybridized carbons (Fsp3) is 0.208. The molecule has 5 nitrogen and oxygen atoms in total. The molecule has 0 aliphatic heterocycles. The third-order valence-electron chi connectivity index (χ3n) is 5.47.